The highest BCUT2D eigenvalue weighted by molar-refractivity contribution is 7.79. The molecule has 3 aromatic rings. The number of hydrogen-bond acceptors (Lipinski definition) is 2. The highest BCUT2D eigenvalue weighted by atomic mass is 31.1. The zero-order valence-corrected chi connectivity index (χ0v) is 18.9. The highest BCUT2D eigenvalue weighted by Crippen LogP contribution is 2.44. The summed E-state index contributed by atoms with van der Waals surface area (Å²) in [5, 5.41) is 4.34. The summed E-state index contributed by atoms with van der Waals surface area (Å²) in [4.78, 5) is 5.32. The van der Waals surface area contributed by atoms with Crippen molar-refractivity contribution in [2.45, 2.75) is 43.9 Å². The second kappa shape index (κ2) is 8.63. The summed E-state index contributed by atoms with van der Waals surface area (Å²) in [7, 11) is 4.10. The smallest absolute Gasteiger partial charge is 0.0893 e. The fraction of sp³-hybridized carbons (Fsp3) is 0.333. The molecule has 0 N–H and O–H groups in total. The molecule has 1 aliphatic heterocycles. The van der Waals surface area contributed by atoms with Gasteiger partial charge in [0.15, 0.2) is 0 Å². The molecule has 1 saturated heterocycles. The van der Waals surface area contributed by atoms with E-state index in [4.69, 9.17) is 0 Å². The number of rotatable bonds is 4. The van der Waals surface area contributed by atoms with Crippen molar-refractivity contribution in [1.29, 1.82) is 0 Å². The van der Waals surface area contributed by atoms with Gasteiger partial charge in [0.25, 0.3) is 0 Å². The second-order valence-electron chi connectivity index (χ2n) is 8.69. The van der Waals surface area contributed by atoms with Crippen LogP contribution < -0.4 is 15.9 Å². The molecule has 0 aromatic heterocycles. The maximum atomic E-state index is 2.66. The van der Waals surface area contributed by atoms with Crippen LogP contribution in [0, 0.1) is 0 Å². The van der Waals surface area contributed by atoms with Crippen LogP contribution in [0.15, 0.2) is 84.9 Å². The highest BCUT2D eigenvalue weighted by Gasteiger charge is 2.45. The first-order valence-corrected chi connectivity index (χ1v) is 12.5. The van der Waals surface area contributed by atoms with Gasteiger partial charge in [-0.2, -0.15) is 0 Å². The Bertz CT molecular complexity index is 917. The standard InChI is InChI=1S/C27H31N2P/c1-28-24-18-10-11-19-25(24)29(2)27(28)23-17-9-12-20-26(23)30(21-13-5-3-6-14-21)22-15-7-4-8-16-22/h3-9,12-17,20,24-25,27H,10-11,18-19H2,1-2H3/t24-,25-/m1/s1. The van der Waals surface area contributed by atoms with Gasteiger partial charge in [-0.25, -0.2) is 0 Å². The first-order chi connectivity index (χ1) is 14.8. The third kappa shape index (κ3) is 3.52. The van der Waals surface area contributed by atoms with E-state index < -0.39 is 7.92 Å². The van der Waals surface area contributed by atoms with Gasteiger partial charge >= 0.3 is 0 Å². The molecule has 1 saturated carbocycles. The minimum Gasteiger partial charge on any atom is -0.283 e. The molecule has 3 heteroatoms. The Balaban J connectivity index is 1.63. The minimum atomic E-state index is -0.596. The van der Waals surface area contributed by atoms with Crippen molar-refractivity contribution in [3.63, 3.8) is 0 Å². The fourth-order valence-corrected chi connectivity index (χ4v) is 8.10. The van der Waals surface area contributed by atoms with Crippen molar-refractivity contribution in [2.24, 2.45) is 0 Å². The second-order valence-corrected chi connectivity index (χ2v) is 10.9. The van der Waals surface area contributed by atoms with Crippen molar-refractivity contribution in [2.75, 3.05) is 14.1 Å². The SMILES string of the molecule is CN1C(c2ccccc2P(c2ccccc2)c2ccccc2)N(C)[C@@H]2CCCC[C@H]21. The Hall–Kier alpha value is -1.99. The van der Waals surface area contributed by atoms with Crippen molar-refractivity contribution < 1.29 is 0 Å². The van der Waals surface area contributed by atoms with Crippen molar-refractivity contribution in [1.82, 2.24) is 9.80 Å². The van der Waals surface area contributed by atoms with Crippen LogP contribution in [-0.2, 0) is 0 Å². The van der Waals surface area contributed by atoms with Crippen LogP contribution in [-0.4, -0.2) is 36.0 Å². The van der Waals surface area contributed by atoms with Gasteiger partial charge in [-0.3, -0.25) is 9.80 Å². The van der Waals surface area contributed by atoms with Gasteiger partial charge in [0, 0.05) is 12.1 Å². The monoisotopic (exact) mass is 414 g/mol. The molecule has 2 atom stereocenters. The van der Waals surface area contributed by atoms with Crippen LogP contribution in [0.1, 0.15) is 37.4 Å². The number of hydrogen-bond donors (Lipinski definition) is 0. The zero-order chi connectivity index (χ0) is 20.5. The molecule has 2 fully saturated rings. The summed E-state index contributed by atoms with van der Waals surface area (Å²) in [6, 6.07) is 32.7. The zero-order valence-electron chi connectivity index (χ0n) is 18.0. The van der Waals surface area contributed by atoms with Crippen LogP contribution in [0.25, 0.3) is 0 Å². The summed E-state index contributed by atoms with van der Waals surface area (Å²) in [6.07, 6.45) is 5.75. The molecule has 1 aliphatic carbocycles. The molecule has 0 amide bonds. The van der Waals surface area contributed by atoms with Gasteiger partial charge in [0.1, 0.15) is 0 Å². The van der Waals surface area contributed by atoms with Crippen LogP contribution >= 0.6 is 7.92 Å². The molecule has 0 bridgehead atoms. The predicted molar refractivity (Wildman–Crippen MR) is 129 cm³/mol. The molecular weight excluding hydrogens is 383 g/mol. The van der Waals surface area contributed by atoms with E-state index in [2.05, 4.69) is 109 Å². The molecule has 0 spiro atoms. The van der Waals surface area contributed by atoms with Gasteiger partial charge < -0.3 is 0 Å². The van der Waals surface area contributed by atoms with E-state index >= 15 is 0 Å². The average molecular weight is 415 g/mol. The topological polar surface area (TPSA) is 6.48 Å². The molecule has 5 rings (SSSR count). The van der Waals surface area contributed by atoms with Gasteiger partial charge in [-0.15, -0.1) is 0 Å². The van der Waals surface area contributed by atoms with Crippen LogP contribution in [0.5, 0.6) is 0 Å². The Morgan fingerprint density at radius 2 is 1.10 bits per heavy atom. The average Bonchev–Trinajstić information content (AvgIpc) is 3.06. The normalized spacial score (nSPS) is 23.0. The van der Waals surface area contributed by atoms with E-state index in [1.807, 2.05) is 0 Å². The predicted octanol–water partition coefficient (Wildman–Crippen LogP) is 4.63. The first-order valence-electron chi connectivity index (χ1n) is 11.2. The van der Waals surface area contributed by atoms with E-state index in [-0.39, 0.29) is 0 Å². The molecule has 0 unspecified atom stereocenters. The maximum absolute atomic E-state index is 2.66. The lowest BCUT2D eigenvalue weighted by Crippen LogP contribution is -2.37. The van der Waals surface area contributed by atoms with Gasteiger partial charge in [0.05, 0.1) is 6.17 Å². The lowest BCUT2D eigenvalue weighted by Gasteiger charge is -2.31. The van der Waals surface area contributed by atoms with E-state index in [0.29, 0.717) is 18.2 Å². The molecule has 2 aliphatic rings. The summed E-state index contributed by atoms with van der Waals surface area (Å²) >= 11 is 0. The van der Waals surface area contributed by atoms with Crippen molar-refractivity contribution in [3.05, 3.63) is 90.5 Å². The summed E-state index contributed by atoms with van der Waals surface area (Å²) in [5.41, 5.74) is 1.48. The summed E-state index contributed by atoms with van der Waals surface area (Å²) in [6.45, 7) is 0. The van der Waals surface area contributed by atoms with Crippen LogP contribution in [0.3, 0.4) is 0 Å². The lowest BCUT2D eigenvalue weighted by molar-refractivity contribution is 0.165. The molecule has 0 radical (unpaired) electrons. The van der Waals surface area contributed by atoms with E-state index in [1.54, 1.807) is 0 Å². The first kappa shape index (κ1) is 19.9. The van der Waals surface area contributed by atoms with Crippen molar-refractivity contribution >= 4 is 23.8 Å². The number of fused-ring (bicyclic) bond motifs is 1. The summed E-state index contributed by atoms with van der Waals surface area (Å²) in [5.74, 6) is 0. The summed E-state index contributed by atoms with van der Waals surface area (Å²) < 4.78 is 0. The molecule has 2 nitrogen and oxygen atoms in total. The maximum Gasteiger partial charge on any atom is 0.0893 e. The molecule has 154 valence electrons. The van der Waals surface area contributed by atoms with Gasteiger partial charge in [-0.05, 0) is 56.3 Å². The fourth-order valence-electron chi connectivity index (χ4n) is 5.62. The largest absolute Gasteiger partial charge is 0.283 e. The molecule has 1 heterocycles. The van der Waals surface area contributed by atoms with E-state index in [9.17, 15) is 0 Å². The van der Waals surface area contributed by atoms with Gasteiger partial charge in [0.2, 0.25) is 0 Å². The Labute approximate surface area is 182 Å². The minimum absolute atomic E-state index is 0.353. The third-order valence-corrected chi connectivity index (χ3v) is 9.51. The number of likely N-dealkylation sites (N-methyl/N-ethyl adjacent to an activating group) is 2. The van der Waals surface area contributed by atoms with Crippen molar-refractivity contribution in [3.8, 4) is 0 Å². The number of benzene rings is 3. The Kier molecular flexibility index (Phi) is 5.74. The molecule has 30 heavy (non-hydrogen) atoms. The van der Waals surface area contributed by atoms with Gasteiger partial charge in [-0.1, -0.05) is 97.8 Å². The molecule has 3 aromatic carbocycles. The quantitative estimate of drug-likeness (QED) is 0.575. The molecular formula is C27H31N2P. The number of nitrogens with zero attached hydrogens (tertiary/aromatic N) is 2. The third-order valence-electron chi connectivity index (χ3n) is 7.00. The lowest BCUT2D eigenvalue weighted by atomic mass is 9.91. The Morgan fingerprint density at radius 3 is 1.63 bits per heavy atom. The van der Waals surface area contributed by atoms with E-state index in [1.165, 1.54) is 47.2 Å². The van der Waals surface area contributed by atoms with Crippen LogP contribution in [0.4, 0.5) is 0 Å². The van der Waals surface area contributed by atoms with E-state index in [0.717, 1.165) is 0 Å². The van der Waals surface area contributed by atoms with Crippen LogP contribution in [0.2, 0.25) is 0 Å². The Morgan fingerprint density at radius 1 is 0.633 bits per heavy atom.